The largest absolute Gasteiger partial charge is 0.495 e. The Balaban J connectivity index is 1.39. The average molecular weight is 465 g/mol. The van der Waals surface area contributed by atoms with Crippen molar-refractivity contribution in [1.82, 2.24) is 24.3 Å². The van der Waals surface area contributed by atoms with E-state index in [1.54, 1.807) is 19.5 Å². The Labute approximate surface area is 196 Å². The number of imidazole rings is 1. The number of rotatable bonds is 6. The molecule has 4 aromatic rings. The van der Waals surface area contributed by atoms with Gasteiger partial charge in [-0.05, 0) is 49.2 Å². The molecule has 2 N–H and O–H groups in total. The molecule has 0 bridgehead atoms. The van der Waals surface area contributed by atoms with Gasteiger partial charge in [0, 0.05) is 19.3 Å². The second-order valence-electron chi connectivity index (χ2n) is 8.15. The molecule has 1 aliphatic heterocycles. The summed E-state index contributed by atoms with van der Waals surface area (Å²) in [6, 6.07) is 11.8. The molecule has 5 rings (SSSR count). The normalized spacial score (nSPS) is 16.8. The molecule has 1 aliphatic rings. The maximum Gasteiger partial charge on any atom is 0.227 e. The maximum atomic E-state index is 9.93. The smallest absolute Gasteiger partial charge is 0.227 e. The van der Waals surface area contributed by atoms with Crippen molar-refractivity contribution in [3.05, 3.63) is 65.6 Å². The lowest BCUT2D eigenvalue weighted by molar-refractivity contribution is 0.0668. The number of piperidine rings is 1. The summed E-state index contributed by atoms with van der Waals surface area (Å²) in [4.78, 5) is 15.7. The third kappa shape index (κ3) is 4.64. The van der Waals surface area contributed by atoms with Gasteiger partial charge < -0.3 is 15.2 Å². The third-order valence-electron chi connectivity index (χ3n) is 5.80. The Bertz CT molecular complexity index is 1280. The van der Waals surface area contributed by atoms with Crippen molar-refractivity contribution < 1.29 is 9.84 Å². The molecule has 3 aromatic heterocycles. The number of aliphatic hydroxyl groups excluding tert-OH is 1. The van der Waals surface area contributed by atoms with E-state index in [9.17, 15) is 5.11 Å². The zero-order chi connectivity index (χ0) is 22.8. The molecule has 33 heavy (non-hydrogen) atoms. The molecular formula is C24H25ClN6O2. The molecule has 170 valence electrons. The van der Waals surface area contributed by atoms with Crippen LogP contribution in [0.1, 0.15) is 18.4 Å². The van der Waals surface area contributed by atoms with Crippen LogP contribution in [0, 0.1) is 0 Å². The number of aromatic nitrogens is 4. The number of likely N-dealkylation sites (tertiary alicyclic amines) is 1. The van der Waals surface area contributed by atoms with E-state index in [2.05, 4.69) is 25.2 Å². The quantitative estimate of drug-likeness (QED) is 0.443. The molecule has 0 saturated carbocycles. The Morgan fingerprint density at radius 1 is 1.21 bits per heavy atom. The highest BCUT2D eigenvalue weighted by Gasteiger charge is 2.18. The number of β-amino-alcohol motifs (C(OH)–C–C–N with tert-alkyl or cyclic N) is 1. The number of halogens is 1. The van der Waals surface area contributed by atoms with Gasteiger partial charge in [-0.3, -0.25) is 9.30 Å². The molecule has 4 heterocycles. The Morgan fingerprint density at radius 2 is 2.12 bits per heavy atom. The first-order valence-corrected chi connectivity index (χ1v) is 11.3. The molecular weight excluding hydrogens is 440 g/mol. The Hall–Kier alpha value is -3.20. The number of ether oxygens (including phenoxy) is 1. The zero-order valence-electron chi connectivity index (χ0n) is 18.3. The highest BCUT2D eigenvalue weighted by molar-refractivity contribution is 6.32. The number of nitrogens with zero attached hydrogens (tertiary/aromatic N) is 5. The molecule has 0 spiro atoms. The van der Waals surface area contributed by atoms with Crippen molar-refractivity contribution in [1.29, 1.82) is 0 Å². The number of hydrogen-bond donors (Lipinski definition) is 2. The summed E-state index contributed by atoms with van der Waals surface area (Å²) < 4.78 is 7.56. The lowest BCUT2D eigenvalue weighted by Crippen LogP contribution is -2.37. The van der Waals surface area contributed by atoms with E-state index < -0.39 is 0 Å². The van der Waals surface area contributed by atoms with Crippen LogP contribution in [0.15, 0.2) is 55.0 Å². The summed E-state index contributed by atoms with van der Waals surface area (Å²) in [7, 11) is 1.64. The number of aliphatic hydroxyl groups is 1. The number of benzene rings is 1. The topological polar surface area (TPSA) is 87.8 Å². The van der Waals surface area contributed by atoms with E-state index >= 15 is 0 Å². The van der Waals surface area contributed by atoms with Gasteiger partial charge in [0.25, 0.3) is 0 Å². The highest BCUT2D eigenvalue weighted by atomic mass is 35.5. The van der Waals surface area contributed by atoms with Crippen LogP contribution in [0.4, 0.5) is 11.6 Å². The van der Waals surface area contributed by atoms with Crippen molar-refractivity contribution >= 4 is 28.9 Å². The van der Waals surface area contributed by atoms with E-state index in [1.807, 2.05) is 47.0 Å². The van der Waals surface area contributed by atoms with Crippen LogP contribution in [0.5, 0.6) is 5.75 Å². The molecule has 8 nitrogen and oxygen atoms in total. The third-order valence-corrected chi connectivity index (χ3v) is 6.08. The first-order valence-electron chi connectivity index (χ1n) is 10.9. The zero-order valence-corrected chi connectivity index (χ0v) is 19.0. The van der Waals surface area contributed by atoms with E-state index in [0.717, 1.165) is 48.5 Å². The minimum Gasteiger partial charge on any atom is -0.495 e. The van der Waals surface area contributed by atoms with Crippen molar-refractivity contribution in [2.75, 3.05) is 25.5 Å². The fraction of sp³-hybridized carbons (Fsp3) is 0.292. The molecule has 9 heteroatoms. The van der Waals surface area contributed by atoms with Crippen LogP contribution in [0.25, 0.3) is 17.0 Å². The fourth-order valence-corrected chi connectivity index (χ4v) is 4.39. The average Bonchev–Trinajstić information content (AvgIpc) is 3.25. The van der Waals surface area contributed by atoms with Gasteiger partial charge in [0.2, 0.25) is 5.95 Å². The summed E-state index contributed by atoms with van der Waals surface area (Å²) >= 11 is 6.43. The van der Waals surface area contributed by atoms with Crippen molar-refractivity contribution in [3.63, 3.8) is 0 Å². The lowest BCUT2D eigenvalue weighted by Gasteiger charge is -2.30. The second-order valence-corrected chi connectivity index (χ2v) is 8.56. The minimum absolute atomic E-state index is 0.245. The first kappa shape index (κ1) is 21.6. The highest BCUT2D eigenvalue weighted by Crippen LogP contribution is 2.31. The van der Waals surface area contributed by atoms with Crippen molar-refractivity contribution in [3.8, 4) is 17.1 Å². The SMILES string of the molecule is COc1cc(CN2CCC[C@H](O)C2)ccc1Nc1ncc(Cl)c(-c2cnc3ccccn23)n1. The predicted molar refractivity (Wildman–Crippen MR) is 128 cm³/mol. The van der Waals surface area contributed by atoms with Crippen LogP contribution in [-0.4, -0.2) is 55.7 Å². The number of anilines is 2. The molecule has 0 amide bonds. The number of hydrogen-bond acceptors (Lipinski definition) is 7. The lowest BCUT2D eigenvalue weighted by atomic mass is 10.1. The summed E-state index contributed by atoms with van der Waals surface area (Å²) in [5.74, 6) is 1.10. The van der Waals surface area contributed by atoms with Crippen LogP contribution in [0.3, 0.4) is 0 Å². The van der Waals surface area contributed by atoms with Gasteiger partial charge in [0.15, 0.2) is 0 Å². The van der Waals surface area contributed by atoms with Gasteiger partial charge in [-0.15, -0.1) is 0 Å². The van der Waals surface area contributed by atoms with Gasteiger partial charge in [0.1, 0.15) is 17.1 Å². The van der Waals surface area contributed by atoms with E-state index in [1.165, 1.54) is 0 Å². The first-order chi connectivity index (χ1) is 16.1. The van der Waals surface area contributed by atoms with Crippen LogP contribution < -0.4 is 10.1 Å². The van der Waals surface area contributed by atoms with Crippen LogP contribution in [-0.2, 0) is 6.54 Å². The maximum absolute atomic E-state index is 9.93. The van der Waals surface area contributed by atoms with Crippen LogP contribution in [0.2, 0.25) is 5.02 Å². The number of fused-ring (bicyclic) bond motifs is 1. The molecule has 0 aliphatic carbocycles. The molecule has 1 aromatic carbocycles. The number of pyridine rings is 1. The van der Waals surface area contributed by atoms with E-state index in [-0.39, 0.29) is 6.10 Å². The van der Waals surface area contributed by atoms with Crippen LogP contribution >= 0.6 is 11.6 Å². The molecule has 1 atom stereocenters. The number of nitrogens with one attached hydrogen (secondary N) is 1. The van der Waals surface area contributed by atoms with E-state index in [0.29, 0.717) is 29.0 Å². The van der Waals surface area contributed by atoms with Gasteiger partial charge in [-0.2, -0.15) is 0 Å². The predicted octanol–water partition coefficient (Wildman–Crippen LogP) is 4.15. The Morgan fingerprint density at radius 3 is 2.97 bits per heavy atom. The van der Waals surface area contributed by atoms with Crippen molar-refractivity contribution in [2.45, 2.75) is 25.5 Å². The van der Waals surface area contributed by atoms with Gasteiger partial charge in [-0.25, -0.2) is 15.0 Å². The minimum atomic E-state index is -0.245. The summed E-state index contributed by atoms with van der Waals surface area (Å²) in [6.45, 7) is 2.46. The van der Waals surface area contributed by atoms with Gasteiger partial charge in [-0.1, -0.05) is 23.7 Å². The molecule has 1 fully saturated rings. The van der Waals surface area contributed by atoms with Crippen molar-refractivity contribution in [2.24, 2.45) is 0 Å². The monoisotopic (exact) mass is 464 g/mol. The molecule has 0 unspecified atom stereocenters. The standard InChI is InChI=1S/C24H25ClN6O2/c1-33-21-11-16(14-30-9-4-5-17(32)15-30)7-8-19(21)28-24-27-12-18(25)23(29-24)20-13-26-22-6-2-3-10-31(20)22/h2-3,6-8,10-13,17,32H,4-5,9,14-15H2,1H3,(H,27,28,29)/t17-/m0/s1. The van der Waals surface area contributed by atoms with Gasteiger partial charge >= 0.3 is 0 Å². The summed E-state index contributed by atoms with van der Waals surface area (Å²) in [6.07, 6.45) is 6.90. The van der Waals surface area contributed by atoms with Gasteiger partial charge in [0.05, 0.1) is 42.0 Å². The molecule has 1 saturated heterocycles. The fourth-order valence-electron chi connectivity index (χ4n) is 4.21. The van der Waals surface area contributed by atoms with E-state index in [4.69, 9.17) is 16.3 Å². The summed E-state index contributed by atoms with van der Waals surface area (Å²) in [5, 5.41) is 13.6. The summed E-state index contributed by atoms with van der Waals surface area (Å²) in [5.41, 5.74) is 4.07. The molecule has 0 radical (unpaired) electrons. The Kier molecular flexibility index (Phi) is 6.13. The second kappa shape index (κ2) is 9.35. The number of methoxy groups -OCH3 is 1.